The molecule has 1 aliphatic carbocycles. The fourth-order valence-corrected chi connectivity index (χ4v) is 3.29. The predicted molar refractivity (Wildman–Crippen MR) is 78.8 cm³/mol. The van der Waals surface area contributed by atoms with Gasteiger partial charge in [-0.15, -0.1) is 0 Å². The molecule has 7 heteroatoms. The fraction of sp³-hybridized carbons (Fsp3) is 0.533. The maximum Gasteiger partial charge on any atom is 0.349 e. The Hall–Kier alpha value is -1.74. The molecule has 1 fully saturated rings. The van der Waals surface area contributed by atoms with Crippen molar-refractivity contribution >= 4 is 22.6 Å². The second kappa shape index (κ2) is 5.47. The van der Waals surface area contributed by atoms with E-state index in [2.05, 4.69) is 10.1 Å². The van der Waals surface area contributed by atoms with Crippen LogP contribution in [0.3, 0.4) is 0 Å². The van der Waals surface area contributed by atoms with Gasteiger partial charge in [0.25, 0.3) is 0 Å². The van der Waals surface area contributed by atoms with Crippen LogP contribution in [-0.2, 0) is 5.38 Å². The van der Waals surface area contributed by atoms with Crippen LogP contribution in [0.25, 0.3) is 11.0 Å². The van der Waals surface area contributed by atoms with E-state index in [0.29, 0.717) is 11.3 Å². The average molecular weight is 325 g/mol. The van der Waals surface area contributed by atoms with E-state index in [0.717, 1.165) is 32.1 Å². The molecule has 0 spiro atoms. The Morgan fingerprint density at radius 1 is 1.36 bits per heavy atom. The van der Waals surface area contributed by atoms with Gasteiger partial charge < -0.3 is 0 Å². The van der Waals surface area contributed by atoms with Gasteiger partial charge in [-0.2, -0.15) is 19.1 Å². The van der Waals surface area contributed by atoms with E-state index >= 15 is 0 Å². The summed E-state index contributed by atoms with van der Waals surface area (Å²) in [5.74, 6) is 0. The summed E-state index contributed by atoms with van der Waals surface area (Å²) in [5.41, 5.74) is 0.335. The molecule has 1 aliphatic rings. The van der Waals surface area contributed by atoms with Gasteiger partial charge in [-0.1, -0.05) is 19.3 Å². The minimum Gasteiger partial charge on any atom is -0.243 e. The van der Waals surface area contributed by atoms with Crippen LogP contribution in [-0.4, -0.2) is 14.8 Å². The molecule has 3 rings (SSSR count). The molecule has 0 aromatic carbocycles. The summed E-state index contributed by atoms with van der Waals surface area (Å²) < 4.78 is 29.1. The highest BCUT2D eigenvalue weighted by Crippen LogP contribution is 2.39. The average Bonchev–Trinajstić information content (AvgIpc) is 2.84. The highest BCUT2D eigenvalue weighted by Gasteiger charge is 2.34. The number of halogens is 3. The zero-order valence-corrected chi connectivity index (χ0v) is 12.9. The smallest absolute Gasteiger partial charge is 0.243 e. The number of fused-ring (bicyclic) bond motifs is 1. The van der Waals surface area contributed by atoms with Gasteiger partial charge in [0.05, 0.1) is 17.0 Å². The maximum atomic E-state index is 13.7. The van der Waals surface area contributed by atoms with E-state index < -0.39 is 10.9 Å². The first-order valence-electron chi connectivity index (χ1n) is 7.29. The second-order valence-corrected chi connectivity index (χ2v) is 6.18. The normalized spacial score (nSPS) is 16.9. The molecule has 0 N–H and O–H groups in total. The predicted octanol–water partition coefficient (Wildman–Crippen LogP) is 4.40. The third-order valence-corrected chi connectivity index (χ3v) is 4.33. The van der Waals surface area contributed by atoms with Crippen LogP contribution in [0.4, 0.5) is 8.78 Å². The lowest BCUT2D eigenvalue weighted by Gasteiger charge is -2.22. The lowest BCUT2D eigenvalue weighted by Crippen LogP contribution is -2.15. The molecule has 0 saturated heterocycles. The molecule has 116 valence electrons. The van der Waals surface area contributed by atoms with Crippen LogP contribution in [0.2, 0.25) is 0 Å². The Bertz CT molecular complexity index is 751. The third kappa shape index (κ3) is 2.54. The molecule has 0 atom stereocenters. The van der Waals surface area contributed by atoms with E-state index in [1.54, 1.807) is 11.6 Å². The first-order valence-corrected chi connectivity index (χ1v) is 7.66. The number of aromatic nitrogens is 3. The second-order valence-electron chi connectivity index (χ2n) is 5.70. The van der Waals surface area contributed by atoms with Crippen molar-refractivity contribution in [3.8, 4) is 6.07 Å². The van der Waals surface area contributed by atoms with Gasteiger partial charge in [0.15, 0.2) is 11.3 Å². The number of alkyl halides is 3. The molecular formula is C15H15ClF2N4. The van der Waals surface area contributed by atoms with E-state index in [4.69, 9.17) is 11.6 Å². The molecule has 1 saturated carbocycles. The van der Waals surface area contributed by atoms with E-state index in [1.807, 2.05) is 6.07 Å². The molecule has 0 bridgehead atoms. The van der Waals surface area contributed by atoms with E-state index in [-0.39, 0.29) is 17.1 Å². The molecule has 22 heavy (non-hydrogen) atoms. The van der Waals surface area contributed by atoms with Crippen molar-refractivity contribution in [3.63, 3.8) is 0 Å². The zero-order chi connectivity index (χ0) is 15.9. The van der Waals surface area contributed by atoms with Crippen LogP contribution in [0.1, 0.15) is 55.1 Å². The number of rotatable bonds is 2. The van der Waals surface area contributed by atoms with Gasteiger partial charge in [0.2, 0.25) is 0 Å². The Morgan fingerprint density at radius 2 is 2.05 bits per heavy atom. The molecular weight excluding hydrogens is 310 g/mol. The molecule has 0 amide bonds. The van der Waals surface area contributed by atoms with Crippen molar-refractivity contribution in [2.75, 3.05) is 0 Å². The van der Waals surface area contributed by atoms with Gasteiger partial charge >= 0.3 is 5.38 Å². The van der Waals surface area contributed by atoms with Crippen LogP contribution < -0.4 is 0 Å². The lowest BCUT2D eigenvalue weighted by atomic mass is 9.95. The number of hydrogen-bond donors (Lipinski definition) is 0. The fourth-order valence-electron chi connectivity index (χ4n) is 3.14. The number of nitriles is 1. The highest BCUT2D eigenvalue weighted by molar-refractivity contribution is 6.22. The summed E-state index contributed by atoms with van der Waals surface area (Å²) in [6, 6.07) is 3.22. The third-order valence-electron chi connectivity index (χ3n) is 4.12. The molecule has 0 aliphatic heterocycles. The summed E-state index contributed by atoms with van der Waals surface area (Å²) in [7, 11) is 0. The van der Waals surface area contributed by atoms with Gasteiger partial charge in [0.1, 0.15) is 6.07 Å². The van der Waals surface area contributed by atoms with Gasteiger partial charge in [-0.3, -0.25) is 0 Å². The minimum atomic E-state index is -3.56. The van der Waals surface area contributed by atoms with Crippen LogP contribution in [0, 0.1) is 18.3 Å². The van der Waals surface area contributed by atoms with Crippen LogP contribution in [0.5, 0.6) is 0 Å². The summed E-state index contributed by atoms with van der Waals surface area (Å²) >= 11 is 5.23. The summed E-state index contributed by atoms with van der Waals surface area (Å²) in [6.07, 6.45) is 5.14. The Balaban J connectivity index is 2.28. The van der Waals surface area contributed by atoms with Crippen molar-refractivity contribution in [1.82, 2.24) is 14.8 Å². The van der Waals surface area contributed by atoms with E-state index in [1.165, 1.54) is 6.07 Å². The molecule has 2 heterocycles. The standard InChI is InChI=1S/C15H15ClF2N4/c1-9-7-11(15(16,17)18)13-12(8-19)21-22(14(13)20-9)10-5-3-2-4-6-10/h7,10H,2-6H2,1H3. The van der Waals surface area contributed by atoms with Crippen LogP contribution >= 0.6 is 11.6 Å². The van der Waals surface area contributed by atoms with Crippen molar-refractivity contribution < 1.29 is 8.78 Å². The van der Waals surface area contributed by atoms with Crippen molar-refractivity contribution in [2.45, 2.75) is 50.5 Å². The summed E-state index contributed by atoms with van der Waals surface area (Å²) in [5, 5.41) is 10.0. The topological polar surface area (TPSA) is 54.5 Å². The lowest BCUT2D eigenvalue weighted by molar-refractivity contribution is 0.0967. The van der Waals surface area contributed by atoms with Crippen LogP contribution in [0.15, 0.2) is 6.07 Å². The Morgan fingerprint density at radius 3 is 2.64 bits per heavy atom. The maximum absolute atomic E-state index is 13.7. The van der Waals surface area contributed by atoms with Crippen molar-refractivity contribution in [1.29, 1.82) is 5.26 Å². The first kappa shape index (κ1) is 15.2. The summed E-state index contributed by atoms with van der Waals surface area (Å²) in [4.78, 5) is 4.35. The molecule has 2 aromatic heterocycles. The molecule has 0 unspecified atom stereocenters. The number of pyridine rings is 1. The minimum absolute atomic E-state index is 0.0385. The number of aryl methyl sites for hydroxylation is 1. The Labute approximate surface area is 131 Å². The monoisotopic (exact) mass is 324 g/mol. The molecule has 2 aromatic rings. The SMILES string of the molecule is Cc1cc(C(F)(F)Cl)c2c(C#N)nn(C3CCCCC3)c2n1. The number of hydrogen-bond acceptors (Lipinski definition) is 3. The summed E-state index contributed by atoms with van der Waals surface area (Å²) in [6.45, 7) is 1.63. The quantitative estimate of drug-likeness (QED) is 0.769. The molecule has 4 nitrogen and oxygen atoms in total. The number of nitrogens with zero attached hydrogens (tertiary/aromatic N) is 4. The molecule has 0 radical (unpaired) electrons. The van der Waals surface area contributed by atoms with E-state index in [9.17, 15) is 14.0 Å². The highest BCUT2D eigenvalue weighted by atomic mass is 35.5. The van der Waals surface area contributed by atoms with Gasteiger partial charge in [-0.25, -0.2) is 9.67 Å². The Kier molecular flexibility index (Phi) is 3.77. The first-order chi connectivity index (χ1) is 10.4. The van der Waals surface area contributed by atoms with Gasteiger partial charge in [-0.05, 0) is 37.4 Å². The van der Waals surface area contributed by atoms with Crippen molar-refractivity contribution in [2.24, 2.45) is 0 Å². The largest absolute Gasteiger partial charge is 0.349 e. The van der Waals surface area contributed by atoms with Crippen molar-refractivity contribution in [3.05, 3.63) is 23.0 Å². The zero-order valence-electron chi connectivity index (χ0n) is 12.1. The van der Waals surface area contributed by atoms with Gasteiger partial charge in [0, 0.05) is 5.69 Å².